The molecule has 0 heterocycles. The monoisotopic (exact) mass is 393 g/mol. The van der Waals surface area contributed by atoms with Gasteiger partial charge >= 0.3 is 21.7 Å². The van der Waals surface area contributed by atoms with Crippen LogP contribution in [0.2, 0.25) is 0 Å². The second kappa shape index (κ2) is 12.3. The molecule has 0 fully saturated rings. The molecular formula is C20H21Cl2NTi-2. The molecule has 0 unspecified atom stereocenters. The normalized spacial score (nSPS) is 11.8. The summed E-state index contributed by atoms with van der Waals surface area (Å²) in [5.74, 6) is 0. The summed E-state index contributed by atoms with van der Waals surface area (Å²) >= 11 is 0. The van der Waals surface area contributed by atoms with Crippen molar-refractivity contribution in [2.75, 3.05) is 0 Å². The van der Waals surface area contributed by atoms with Crippen molar-refractivity contribution in [2.45, 2.75) is 20.3 Å². The van der Waals surface area contributed by atoms with Crippen molar-refractivity contribution in [3.05, 3.63) is 95.6 Å². The van der Waals surface area contributed by atoms with Gasteiger partial charge in [0.2, 0.25) is 0 Å². The van der Waals surface area contributed by atoms with Crippen LogP contribution in [0.5, 0.6) is 0 Å². The van der Waals surface area contributed by atoms with Crippen LogP contribution in [0.25, 0.3) is 11.3 Å². The van der Waals surface area contributed by atoms with Gasteiger partial charge in [0.05, 0.1) is 0 Å². The van der Waals surface area contributed by atoms with Crippen molar-refractivity contribution < 1.29 is 46.5 Å². The number of allylic oxidation sites excluding steroid dienone is 4. The van der Waals surface area contributed by atoms with Gasteiger partial charge in [-0.3, -0.25) is 0 Å². The first-order valence-electron chi connectivity index (χ1n) is 7.14. The molecule has 3 rings (SSSR count). The van der Waals surface area contributed by atoms with Crippen LogP contribution in [0, 0.1) is 6.92 Å². The maximum atomic E-state index is 7.00. The Morgan fingerprint density at radius 1 is 0.875 bits per heavy atom. The quantitative estimate of drug-likeness (QED) is 0.493. The molecule has 0 aliphatic heterocycles. The second-order valence-electron chi connectivity index (χ2n) is 5.22. The Morgan fingerprint density at radius 2 is 1.42 bits per heavy atom. The van der Waals surface area contributed by atoms with E-state index in [1.807, 2.05) is 24.3 Å². The fourth-order valence-corrected chi connectivity index (χ4v) is 2.36. The molecule has 1 aliphatic carbocycles. The molecule has 0 saturated carbocycles. The Balaban J connectivity index is 0. The molecule has 2 aromatic rings. The maximum Gasteiger partial charge on any atom is 2.00 e. The molecule has 0 radical (unpaired) electrons. The SMILES string of the molecule is [CH2-]c1ccccc1C1=C(C)C(C)=CC1.[Cl-].[Cl-].[NH-]c1ccccc1.[Ti+2]. The van der Waals surface area contributed by atoms with E-state index in [1.54, 1.807) is 12.1 Å². The average Bonchev–Trinajstić information content (AvgIpc) is 2.81. The Bertz CT molecular complexity index is 679. The van der Waals surface area contributed by atoms with E-state index in [0.717, 1.165) is 12.0 Å². The topological polar surface area (TPSA) is 23.8 Å². The van der Waals surface area contributed by atoms with E-state index in [4.69, 9.17) is 5.73 Å². The van der Waals surface area contributed by atoms with Gasteiger partial charge in [-0.2, -0.15) is 18.6 Å². The fourth-order valence-electron chi connectivity index (χ4n) is 2.36. The molecule has 1 nitrogen and oxygen atoms in total. The first-order chi connectivity index (χ1) is 10.1. The van der Waals surface area contributed by atoms with E-state index in [-0.39, 0.29) is 46.5 Å². The first-order valence-corrected chi connectivity index (χ1v) is 7.14. The molecule has 0 saturated heterocycles. The summed E-state index contributed by atoms with van der Waals surface area (Å²) in [4.78, 5) is 0. The predicted octanol–water partition coefficient (Wildman–Crippen LogP) is 0.368. The largest absolute Gasteiger partial charge is 2.00 e. The number of hydrogen-bond acceptors (Lipinski definition) is 0. The number of rotatable bonds is 1. The van der Waals surface area contributed by atoms with Crippen LogP contribution in [-0.2, 0) is 21.7 Å². The molecule has 24 heavy (non-hydrogen) atoms. The van der Waals surface area contributed by atoms with E-state index in [9.17, 15) is 0 Å². The van der Waals surface area contributed by atoms with E-state index < -0.39 is 0 Å². The number of hydrogen-bond donors (Lipinski definition) is 0. The second-order valence-corrected chi connectivity index (χ2v) is 5.22. The van der Waals surface area contributed by atoms with Crippen molar-refractivity contribution in [1.29, 1.82) is 0 Å². The zero-order valence-corrected chi connectivity index (χ0v) is 17.0. The van der Waals surface area contributed by atoms with Crippen LogP contribution < -0.4 is 24.8 Å². The number of nitrogens with one attached hydrogen (secondary N) is 1. The Labute approximate surface area is 173 Å². The third-order valence-corrected chi connectivity index (χ3v) is 3.77. The van der Waals surface area contributed by atoms with Crippen LogP contribution in [-0.4, -0.2) is 0 Å². The third kappa shape index (κ3) is 6.79. The van der Waals surface area contributed by atoms with Crippen molar-refractivity contribution in [3.63, 3.8) is 0 Å². The summed E-state index contributed by atoms with van der Waals surface area (Å²) in [7, 11) is 0. The molecule has 126 valence electrons. The van der Waals surface area contributed by atoms with Crippen molar-refractivity contribution in [3.8, 4) is 0 Å². The number of halogens is 2. The van der Waals surface area contributed by atoms with Gasteiger partial charge in [-0.1, -0.05) is 59.2 Å². The van der Waals surface area contributed by atoms with Gasteiger partial charge in [-0.05, 0) is 20.3 Å². The molecule has 2 aromatic carbocycles. The van der Waals surface area contributed by atoms with Gasteiger partial charge in [0, 0.05) is 0 Å². The molecule has 4 heteroatoms. The van der Waals surface area contributed by atoms with Gasteiger partial charge in [0.15, 0.2) is 0 Å². The first kappa shape index (κ1) is 25.1. The smallest absolute Gasteiger partial charge is 1.00 e. The van der Waals surface area contributed by atoms with E-state index in [2.05, 4.69) is 45.0 Å². The minimum atomic E-state index is 0. The van der Waals surface area contributed by atoms with E-state index in [1.165, 1.54) is 22.3 Å². The van der Waals surface area contributed by atoms with E-state index in [0.29, 0.717) is 5.69 Å². The van der Waals surface area contributed by atoms with Crippen LogP contribution >= 0.6 is 0 Å². The molecule has 0 amide bonds. The van der Waals surface area contributed by atoms with Gasteiger partial charge in [0.1, 0.15) is 0 Å². The minimum absolute atomic E-state index is 0. The standard InChI is InChI=1S/C14H15.C6H6N.2ClH.Ti/c1-10-8-9-14(12(10)3)13-7-5-4-6-11(13)2;7-6-4-2-1-3-5-6;;;/h4-8H,2,9H2,1,3H3;1-5,7H;2*1H;/q2*-1;;;+2/p-2. The zero-order chi connectivity index (χ0) is 15.2. The molecule has 0 spiro atoms. The molecule has 0 bridgehead atoms. The Kier molecular flexibility index (Phi) is 12.9. The van der Waals surface area contributed by atoms with Gasteiger partial charge in [-0.15, -0.1) is 23.4 Å². The summed E-state index contributed by atoms with van der Waals surface area (Å²) in [5, 5.41) is 0. The summed E-state index contributed by atoms with van der Waals surface area (Å²) in [6, 6.07) is 17.5. The molecular weight excluding hydrogens is 373 g/mol. The van der Waals surface area contributed by atoms with Crippen LogP contribution in [0.4, 0.5) is 5.69 Å². The number of benzene rings is 2. The van der Waals surface area contributed by atoms with Gasteiger partial charge in [0.25, 0.3) is 0 Å². The minimum Gasteiger partial charge on any atom is -1.00 e. The zero-order valence-electron chi connectivity index (χ0n) is 13.9. The molecule has 1 N–H and O–H groups in total. The van der Waals surface area contributed by atoms with Crippen LogP contribution in [0.1, 0.15) is 31.4 Å². The maximum absolute atomic E-state index is 7.00. The summed E-state index contributed by atoms with van der Waals surface area (Å²) < 4.78 is 0. The van der Waals surface area contributed by atoms with Gasteiger partial charge in [-0.25, -0.2) is 0 Å². The van der Waals surface area contributed by atoms with Crippen molar-refractivity contribution >= 4 is 11.3 Å². The van der Waals surface area contributed by atoms with E-state index >= 15 is 0 Å². The Morgan fingerprint density at radius 3 is 1.83 bits per heavy atom. The summed E-state index contributed by atoms with van der Waals surface area (Å²) in [6.45, 7) is 8.44. The average molecular weight is 394 g/mol. The van der Waals surface area contributed by atoms with Crippen LogP contribution in [0.3, 0.4) is 0 Å². The van der Waals surface area contributed by atoms with Crippen LogP contribution in [0.15, 0.2) is 71.8 Å². The Hall–Kier alpha value is -1.12. The molecule has 1 aliphatic rings. The van der Waals surface area contributed by atoms with Crippen molar-refractivity contribution in [1.82, 2.24) is 0 Å². The fraction of sp³-hybridized carbons (Fsp3) is 0.150. The van der Waals surface area contributed by atoms with Gasteiger partial charge < -0.3 is 30.5 Å². The summed E-state index contributed by atoms with van der Waals surface area (Å²) in [6.07, 6.45) is 3.35. The third-order valence-electron chi connectivity index (χ3n) is 3.77. The molecule has 0 aromatic heterocycles. The van der Waals surface area contributed by atoms with Crippen molar-refractivity contribution in [2.24, 2.45) is 0 Å². The summed E-state index contributed by atoms with van der Waals surface area (Å²) in [5.41, 5.74) is 14.3. The predicted molar refractivity (Wildman–Crippen MR) is 92.3 cm³/mol. The molecule has 0 atom stereocenters.